The van der Waals surface area contributed by atoms with E-state index in [1.807, 2.05) is 30.3 Å². The van der Waals surface area contributed by atoms with E-state index in [9.17, 15) is 4.79 Å². The summed E-state index contributed by atoms with van der Waals surface area (Å²) in [4.78, 5) is 16.4. The zero-order valence-electron chi connectivity index (χ0n) is 14.1. The van der Waals surface area contributed by atoms with Crippen LogP contribution in [0.1, 0.15) is 23.6 Å². The van der Waals surface area contributed by atoms with Gasteiger partial charge in [0.15, 0.2) is 5.70 Å². The normalized spacial score (nSPS) is 15.2. The average Bonchev–Trinajstić information content (AvgIpc) is 2.96. The summed E-state index contributed by atoms with van der Waals surface area (Å²) in [6.45, 7) is 2.06. The summed E-state index contributed by atoms with van der Waals surface area (Å²) in [5, 5.41) is 0.668. The van der Waals surface area contributed by atoms with Crippen molar-refractivity contribution in [2.45, 2.75) is 19.8 Å². The second-order valence-electron chi connectivity index (χ2n) is 5.65. The maximum Gasteiger partial charge on any atom is 0.363 e. The van der Waals surface area contributed by atoms with Crippen LogP contribution in [0.15, 0.2) is 53.2 Å². The van der Waals surface area contributed by atoms with Crippen LogP contribution in [0.5, 0.6) is 5.75 Å². The van der Waals surface area contributed by atoms with Crippen molar-refractivity contribution in [3.05, 3.63) is 69.9 Å². The predicted molar refractivity (Wildman–Crippen MR) is 99.0 cm³/mol. The van der Waals surface area contributed by atoms with Crippen molar-refractivity contribution in [3.63, 3.8) is 0 Å². The highest BCUT2D eigenvalue weighted by Gasteiger charge is 2.23. The van der Waals surface area contributed by atoms with Crippen LogP contribution in [0.4, 0.5) is 0 Å². The molecule has 0 amide bonds. The Morgan fingerprint density at radius 2 is 1.96 bits per heavy atom. The number of nitrogens with zero attached hydrogens (tertiary/aromatic N) is 1. The van der Waals surface area contributed by atoms with Gasteiger partial charge in [-0.1, -0.05) is 36.7 Å². The summed E-state index contributed by atoms with van der Waals surface area (Å²) >= 11 is 5.88. The van der Waals surface area contributed by atoms with Gasteiger partial charge in [0.2, 0.25) is 5.90 Å². The van der Waals surface area contributed by atoms with Crippen LogP contribution in [0.3, 0.4) is 0 Å². The van der Waals surface area contributed by atoms with E-state index in [2.05, 4.69) is 11.9 Å². The van der Waals surface area contributed by atoms with Gasteiger partial charge in [-0.2, -0.15) is 0 Å². The number of carbonyl (C=O) groups is 1. The molecule has 0 aliphatic carbocycles. The molecule has 0 saturated heterocycles. The lowest BCUT2D eigenvalue weighted by atomic mass is 10.1. The second-order valence-corrected chi connectivity index (χ2v) is 6.09. The molecule has 128 valence electrons. The molecule has 2 aromatic rings. The molecule has 4 nitrogen and oxygen atoms in total. The van der Waals surface area contributed by atoms with Crippen molar-refractivity contribution in [2.75, 3.05) is 7.11 Å². The van der Waals surface area contributed by atoms with Crippen molar-refractivity contribution in [1.82, 2.24) is 0 Å². The number of benzene rings is 2. The molecule has 25 heavy (non-hydrogen) atoms. The number of methoxy groups -OCH3 is 1. The summed E-state index contributed by atoms with van der Waals surface area (Å²) in [5.41, 5.74) is 3.25. The van der Waals surface area contributed by atoms with Gasteiger partial charge >= 0.3 is 5.97 Å². The number of aliphatic imine (C=N–C) groups is 1. The molecule has 1 aliphatic heterocycles. The van der Waals surface area contributed by atoms with Crippen molar-refractivity contribution in [3.8, 4) is 5.75 Å². The molecule has 0 saturated carbocycles. The Balaban J connectivity index is 1.82. The Labute approximate surface area is 151 Å². The Morgan fingerprint density at radius 1 is 1.20 bits per heavy atom. The number of cyclic esters (lactones) is 1. The lowest BCUT2D eigenvalue weighted by molar-refractivity contribution is -0.130. The average molecular weight is 356 g/mol. The molecule has 0 N–H and O–H groups in total. The van der Waals surface area contributed by atoms with Gasteiger partial charge in [0.1, 0.15) is 5.75 Å². The van der Waals surface area contributed by atoms with Gasteiger partial charge in [-0.05, 0) is 53.5 Å². The van der Waals surface area contributed by atoms with E-state index in [1.54, 1.807) is 25.3 Å². The molecule has 3 rings (SSSR count). The minimum absolute atomic E-state index is 0.302. The first-order valence-corrected chi connectivity index (χ1v) is 8.39. The van der Waals surface area contributed by atoms with E-state index < -0.39 is 5.97 Å². The van der Waals surface area contributed by atoms with Crippen LogP contribution in [-0.2, 0) is 22.4 Å². The topological polar surface area (TPSA) is 47.9 Å². The monoisotopic (exact) mass is 355 g/mol. The lowest BCUT2D eigenvalue weighted by Gasteiger charge is -2.07. The third-order valence-corrected chi connectivity index (χ3v) is 4.17. The maximum absolute atomic E-state index is 12.1. The molecule has 0 unspecified atom stereocenters. The molecule has 1 heterocycles. The van der Waals surface area contributed by atoms with Gasteiger partial charge in [0.05, 0.1) is 7.11 Å². The quantitative estimate of drug-likeness (QED) is 0.588. The van der Waals surface area contributed by atoms with Gasteiger partial charge in [-0.25, -0.2) is 9.79 Å². The Morgan fingerprint density at radius 3 is 2.64 bits per heavy atom. The highest BCUT2D eigenvalue weighted by molar-refractivity contribution is 6.30. The maximum atomic E-state index is 12.1. The third kappa shape index (κ3) is 4.09. The molecule has 1 aliphatic rings. The smallest absolute Gasteiger partial charge is 0.363 e. The SMILES string of the molecule is CCc1cc(/C=C2/N=C(Cc3ccc(Cl)cc3)OC2=O)ccc1OC. The predicted octanol–water partition coefficient (Wildman–Crippen LogP) is 4.45. The Hall–Kier alpha value is -2.59. The molecule has 0 spiro atoms. The highest BCUT2D eigenvalue weighted by atomic mass is 35.5. The number of rotatable bonds is 5. The fourth-order valence-electron chi connectivity index (χ4n) is 2.63. The van der Waals surface area contributed by atoms with Crippen LogP contribution in [0.25, 0.3) is 6.08 Å². The highest BCUT2D eigenvalue weighted by Crippen LogP contribution is 2.23. The largest absolute Gasteiger partial charge is 0.496 e. The van der Waals surface area contributed by atoms with Gasteiger partial charge < -0.3 is 9.47 Å². The number of hydrogen-bond donors (Lipinski definition) is 0. The Bertz CT molecular complexity index is 854. The first-order chi connectivity index (χ1) is 12.1. The van der Waals surface area contributed by atoms with E-state index >= 15 is 0 Å². The molecular weight excluding hydrogens is 338 g/mol. The van der Waals surface area contributed by atoms with Crippen LogP contribution < -0.4 is 4.74 Å². The second kappa shape index (κ2) is 7.53. The van der Waals surface area contributed by atoms with E-state index in [-0.39, 0.29) is 0 Å². The number of halogens is 1. The van der Waals surface area contributed by atoms with E-state index in [0.717, 1.165) is 28.9 Å². The van der Waals surface area contributed by atoms with Crippen LogP contribution in [0.2, 0.25) is 5.02 Å². The van der Waals surface area contributed by atoms with Crippen molar-refractivity contribution in [1.29, 1.82) is 0 Å². The number of esters is 1. The van der Waals surface area contributed by atoms with Crippen LogP contribution >= 0.6 is 11.6 Å². The summed E-state index contributed by atoms with van der Waals surface area (Å²) in [5.74, 6) is 0.797. The van der Waals surface area contributed by atoms with E-state index in [1.165, 1.54) is 0 Å². The molecule has 2 aromatic carbocycles. The lowest BCUT2D eigenvalue weighted by Crippen LogP contribution is -2.06. The fraction of sp³-hybridized carbons (Fsp3) is 0.200. The minimum Gasteiger partial charge on any atom is -0.496 e. The van der Waals surface area contributed by atoms with E-state index in [0.29, 0.717) is 23.0 Å². The van der Waals surface area contributed by atoms with Crippen LogP contribution in [-0.4, -0.2) is 19.0 Å². The van der Waals surface area contributed by atoms with Crippen molar-refractivity contribution < 1.29 is 14.3 Å². The standard InChI is InChI=1S/C20H18ClNO3/c1-3-15-10-14(6-9-18(15)24-2)11-17-20(23)25-19(22-17)12-13-4-7-16(21)8-5-13/h4-11H,3,12H2,1-2H3/b17-11+. The molecule has 0 atom stereocenters. The Kier molecular flexibility index (Phi) is 5.19. The summed E-state index contributed by atoms with van der Waals surface area (Å²) < 4.78 is 10.6. The van der Waals surface area contributed by atoms with Crippen LogP contribution in [0, 0.1) is 0 Å². The number of ether oxygens (including phenoxy) is 2. The van der Waals surface area contributed by atoms with Gasteiger partial charge in [-0.15, -0.1) is 0 Å². The number of aryl methyl sites for hydroxylation is 1. The summed E-state index contributed by atoms with van der Waals surface area (Å²) in [7, 11) is 1.65. The molecule has 0 radical (unpaired) electrons. The number of hydrogen-bond acceptors (Lipinski definition) is 4. The minimum atomic E-state index is -0.433. The van der Waals surface area contributed by atoms with E-state index in [4.69, 9.17) is 21.1 Å². The van der Waals surface area contributed by atoms with Gasteiger partial charge in [0.25, 0.3) is 0 Å². The van der Waals surface area contributed by atoms with Gasteiger partial charge in [0, 0.05) is 11.4 Å². The summed E-state index contributed by atoms with van der Waals surface area (Å²) in [6, 6.07) is 13.2. The zero-order chi connectivity index (χ0) is 17.8. The number of carbonyl (C=O) groups excluding carboxylic acids is 1. The fourth-order valence-corrected chi connectivity index (χ4v) is 2.75. The molecule has 0 fully saturated rings. The first kappa shape index (κ1) is 17.2. The third-order valence-electron chi connectivity index (χ3n) is 3.92. The molecule has 5 heteroatoms. The molecular formula is C20H18ClNO3. The molecule has 0 aromatic heterocycles. The first-order valence-electron chi connectivity index (χ1n) is 8.02. The zero-order valence-corrected chi connectivity index (χ0v) is 14.8. The van der Waals surface area contributed by atoms with Crippen molar-refractivity contribution in [2.24, 2.45) is 4.99 Å². The summed E-state index contributed by atoms with van der Waals surface area (Å²) in [6.07, 6.45) is 3.02. The molecule has 0 bridgehead atoms. The van der Waals surface area contributed by atoms with Crippen molar-refractivity contribution >= 4 is 29.5 Å². The van der Waals surface area contributed by atoms with Gasteiger partial charge in [-0.3, -0.25) is 0 Å².